The number of aromatic nitrogens is 5. The van der Waals surface area contributed by atoms with Crippen molar-refractivity contribution in [3.8, 4) is 16.9 Å². The van der Waals surface area contributed by atoms with Crippen molar-refractivity contribution in [1.29, 1.82) is 0 Å². The van der Waals surface area contributed by atoms with Gasteiger partial charge in [-0.2, -0.15) is 0 Å². The van der Waals surface area contributed by atoms with E-state index < -0.39 is 11.2 Å². The second-order valence-electron chi connectivity index (χ2n) is 14.7. The number of carbonyl (C=O) groups is 3. The van der Waals surface area contributed by atoms with E-state index in [0.29, 0.717) is 30.8 Å². The first-order valence-corrected chi connectivity index (χ1v) is 20.1. The van der Waals surface area contributed by atoms with Crippen molar-refractivity contribution in [3.05, 3.63) is 137 Å². The molecule has 58 heavy (non-hydrogen) atoms. The monoisotopic (exact) mass is 793 g/mol. The minimum Gasteiger partial charge on any atom is -0.486 e. The number of amides is 2. The van der Waals surface area contributed by atoms with Crippen molar-refractivity contribution in [2.45, 2.75) is 58.1 Å². The van der Waals surface area contributed by atoms with Gasteiger partial charge in [0, 0.05) is 33.6 Å². The number of nitrogens with zero attached hydrogens (tertiary/aromatic N) is 6. The minimum absolute atomic E-state index is 0.248. The number of aryl methyl sites for hydroxylation is 3. The van der Waals surface area contributed by atoms with E-state index in [2.05, 4.69) is 52.9 Å². The summed E-state index contributed by atoms with van der Waals surface area (Å²) in [5.74, 6) is 2.08. The van der Waals surface area contributed by atoms with Gasteiger partial charge in [0.05, 0.1) is 21.8 Å². The predicted molar refractivity (Wildman–Crippen MR) is 226 cm³/mol. The average molecular weight is 794 g/mol. The number of hydrogen-bond acceptors (Lipinski definition) is 9. The molecule has 0 saturated carbocycles. The fourth-order valence-corrected chi connectivity index (χ4v) is 8.36. The number of imidazole rings is 2. The summed E-state index contributed by atoms with van der Waals surface area (Å²) in [6, 6.07) is 31.2. The fraction of sp³-hybridized carbons (Fsp3) is 0.244. The standard InChI is InChI=1S/C45H43N7O5S/c1-5-8-39-47-41-27(2)21-30(22-36(41)52(39)25-29-11-15-31(16-12-29)33-9-6-7-10-34(33)44(54)55)24-50(3)38-20-19-35-42(48-38)51(4)40(46-35)26-57-32-17-13-28(14-18-32)23-37-43(53)49-45(56)58-37/h6-7,9-22,37H,5,8,23-26H2,1-4H3,(H,54,55)(H,49,53,56). The molecule has 8 rings (SSSR count). The lowest BCUT2D eigenvalue weighted by Gasteiger charge is -2.19. The molecule has 0 bridgehead atoms. The smallest absolute Gasteiger partial charge is 0.336 e. The van der Waals surface area contributed by atoms with Crippen molar-refractivity contribution in [3.63, 3.8) is 0 Å². The third-order valence-corrected chi connectivity index (χ3v) is 11.5. The van der Waals surface area contributed by atoms with Crippen LogP contribution in [0.3, 0.4) is 0 Å². The topological polar surface area (TPSA) is 144 Å². The molecule has 2 amide bonds. The Hall–Kier alpha value is -6.47. The molecule has 4 heterocycles. The van der Waals surface area contributed by atoms with Crippen molar-refractivity contribution in [1.82, 2.24) is 29.4 Å². The van der Waals surface area contributed by atoms with E-state index in [1.807, 2.05) is 79.3 Å². The molecule has 1 fully saturated rings. The Labute approximate surface area is 339 Å². The number of pyridine rings is 1. The number of carboxylic acids is 1. The molecule has 13 heteroatoms. The van der Waals surface area contributed by atoms with Gasteiger partial charge in [-0.1, -0.05) is 79.3 Å². The van der Waals surface area contributed by atoms with Gasteiger partial charge in [0.25, 0.3) is 5.24 Å². The minimum atomic E-state index is -0.940. The van der Waals surface area contributed by atoms with Gasteiger partial charge in [-0.05, 0) is 89.5 Å². The average Bonchev–Trinajstić information content (AvgIpc) is 3.85. The summed E-state index contributed by atoms with van der Waals surface area (Å²) in [7, 11) is 3.98. The second-order valence-corrected chi connectivity index (χ2v) is 15.8. The number of rotatable bonds is 14. The summed E-state index contributed by atoms with van der Waals surface area (Å²) in [5.41, 5.74) is 9.78. The van der Waals surface area contributed by atoms with Crippen LogP contribution in [0, 0.1) is 6.92 Å². The molecule has 1 atom stereocenters. The van der Waals surface area contributed by atoms with Crippen LogP contribution in [-0.2, 0) is 44.4 Å². The molecule has 294 valence electrons. The highest BCUT2D eigenvalue weighted by atomic mass is 32.2. The predicted octanol–water partition coefficient (Wildman–Crippen LogP) is 8.10. The van der Waals surface area contributed by atoms with Gasteiger partial charge >= 0.3 is 5.97 Å². The van der Waals surface area contributed by atoms with Crippen LogP contribution in [-0.4, -0.2) is 58.6 Å². The van der Waals surface area contributed by atoms with Crippen LogP contribution in [0.1, 0.15) is 57.6 Å². The van der Waals surface area contributed by atoms with Gasteiger partial charge in [0.2, 0.25) is 5.91 Å². The van der Waals surface area contributed by atoms with Crippen LogP contribution in [0.4, 0.5) is 10.6 Å². The molecule has 0 spiro atoms. The van der Waals surface area contributed by atoms with E-state index in [4.69, 9.17) is 19.7 Å². The van der Waals surface area contributed by atoms with E-state index in [9.17, 15) is 19.5 Å². The summed E-state index contributed by atoms with van der Waals surface area (Å²) in [6.07, 6.45) is 2.30. The molecular weight excluding hydrogens is 751 g/mol. The van der Waals surface area contributed by atoms with Gasteiger partial charge in [-0.3, -0.25) is 14.9 Å². The Morgan fingerprint density at radius 1 is 0.914 bits per heavy atom. The quantitative estimate of drug-likeness (QED) is 0.111. The lowest BCUT2D eigenvalue weighted by atomic mass is 9.98. The van der Waals surface area contributed by atoms with E-state index in [1.54, 1.807) is 12.1 Å². The van der Waals surface area contributed by atoms with Gasteiger partial charge in [0.15, 0.2) is 5.65 Å². The highest BCUT2D eigenvalue weighted by molar-refractivity contribution is 8.15. The Kier molecular flexibility index (Phi) is 10.7. The molecule has 1 unspecified atom stereocenters. The third-order valence-electron chi connectivity index (χ3n) is 10.5. The van der Waals surface area contributed by atoms with Gasteiger partial charge in [-0.25, -0.2) is 19.7 Å². The number of ether oxygens (including phenoxy) is 1. The van der Waals surface area contributed by atoms with E-state index in [-0.39, 0.29) is 23.3 Å². The Morgan fingerprint density at radius 3 is 2.40 bits per heavy atom. The Morgan fingerprint density at radius 2 is 1.67 bits per heavy atom. The molecule has 2 N–H and O–H groups in total. The molecule has 3 aromatic heterocycles. The van der Waals surface area contributed by atoms with Crippen LogP contribution in [0.5, 0.6) is 5.75 Å². The normalized spacial score (nSPS) is 14.0. The number of hydrogen-bond donors (Lipinski definition) is 2. The molecule has 0 radical (unpaired) electrons. The van der Waals surface area contributed by atoms with Gasteiger partial charge < -0.3 is 23.9 Å². The van der Waals surface area contributed by atoms with E-state index >= 15 is 0 Å². The number of thioether (sulfide) groups is 1. The molecular formula is C45H43N7O5S. The molecule has 0 aliphatic carbocycles. The maximum Gasteiger partial charge on any atom is 0.336 e. The Balaban J connectivity index is 0.974. The number of carboxylic acid groups (broad SMARTS) is 1. The van der Waals surface area contributed by atoms with Crippen molar-refractivity contribution in [2.75, 3.05) is 11.9 Å². The first kappa shape index (κ1) is 38.4. The Bertz CT molecular complexity index is 2690. The highest BCUT2D eigenvalue weighted by Gasteiger charge is 2.31. The van der Waals surface area contributed by atoms with Crippen LogP contribution >= 0.6 is 11.8 Å². The largest absolute Gasteiger partial charge is 0.486 e. The van der Waals surface area contributed by atoms with Gasteiger partial charge in [0.1, 0.15) is 35.3 Å². The highest BCUT2D eigenvalue weighted by Crippen LogP contribution is 2.29. The fourth-order valence-electron chi connectivity index (χ4n) is 7.50. The van der Waals surface area contributed by atoms with E-state index in [0.717, 1.165) is 92.1 Å². The lowest BCUT2D eigenvalue weighted by Crippen LogP contribution is -2.25. The zero-order chi connectivity index (χ0) is 40.5. The number of imide groups is 1. The second kappa shape index (κ2) is 16.2. The molecule has 1 aliphatic rings. The van der Waals surface area contributed by atoms with Crippen molar-refractivity contribution >= 4 is 56.9 Å². The summed E-state index contributed by atoms with van der Waals surface area (Å²) in [5, 5.41) is 11.3. The van der Waals surface area contributed by atoms with Crippen molar-refractivity contribution in [2.24, 2.45) is 7.05 Å². The van der Waals surface area contributed by atoms with Crippen LogP contribution in [0.25, 0.3) is 33.3 Å². The number of aromatic carboxylic acids is 1. The van der Waals surface area contributed by atoms with Crippen molar-refractivity contribution < 1.29 is 24.2 Å². The molecule has 7 aromatic rings. The van der Waals surface area contributed by atoms with Gasteiger partial charge in [-0.15, -0.1) is 0 Å². The molecule has 4 aromatic carbocycles. The summed E-state index contributed by atoms with van der Waals surface area (Å²) >= 11 is 1.03. The summed E-state index contributed by atoms with van der Waals surface area (Å²) in [6.45, 7) is 5.81. The SMILES string of the molecule is CCCc1nc2c(C)cc(CN(C)c3ccc4nc(COc5ccc(CC6SC(=O)NC6=O)cc5)n(C)c4n3)cc2n1Cc1ccc(-c2ccccc2C(=O)O)cc1. The van der Waals surface area contributed by atoms with Crippen LogP contribution < -0.4 is 15.0 Å². The maximum atomic E-state index is 11.9. The zero-order valence-corrected chi connectivity index (χ0v) is 33.5. The molecule has 1 saturated heterocycles. The number of nitrogens with one attached hydrogen (secondary N) is 1. The maximum absolute atomic E-state index is 11.9. The zero-order valence-electron chi connectivity index (χ0n) is 32.7. The number of benzene rings is 4. The first-order valence-electron chi connectivity index (χ1n) is 19.2. The lowest BCUT2D eigenvalue weighted by molar-refractivity contribution is -0.118. The van der Waals surface area contributed by atoms with Crippen LogP contribution in [0.15, 0.2) is 97.1 Å². The van der Waals surface area contributed by atoms with E-state index in [1.165, 1.54) is 0 Å². The number of carbonyl (C=O) groups excluding carboxylic acids is 2. The first-order chi connectivity index (χ1) is 28.0. The number of anilines is 1. The molecule has 12 nitrogen and oxygen atoms in total. The van der Waals surface area contributed by atoms with Crippen LogP contribution in [0.2, 0.25) is 0 Å². The number of fused-ring (bicyclic) bond motifs is 2. The summed E-state index contributed by atoms with van der Waals surface area (Å²) < 4.78 is 10.3. The molecule has 1 aliphatic heterocycles. The summed E-state index contributed by atoms with van der Waals surface area (Å²) in [4.78, 5) is 52.4. The third kappa shape index (κ3) is 7.90.